The summed E-state index contributed by atoms with van der Waals surface area (Å²) < 4.78 is 116. The Balaban J connectivity index is 0.000000143. The summed E-state index contributed by atoms with van der Waals surface area (Å²) in [7, 11) is -15.5. The molecule has 0 radical (unpaired) electrons. The summed E-state index contributed by atoms with van der Waals surface area (Å²) in [4.78, 5) is 82.2. The molecule has 14 aromatic rings. The quantitative estimate of drug-likeness (QED) is 0.0515. The Labute approximate surface area is 617 Å². The molecule has 11 aromatic heterocycles. The van der Waals surface area contributed by atoms with E-state index < -0.39 is 40.1 Å². The van der Waals surface area contributed by atoms with Crippen LogP contribution < -0.4 is 23.6 Å². The lowest BCUT2D eigenvalue weighted by Gasteiger charge is -2.10. The van der Waals surface area contributed by atoms with Crippen molar-refractivity contribution in [3.63, 3.8) is 0 Å². The van der Waals surface area contributed by atoms with E-state index in [0.717, 1.165) is 17.5 Å². The maximum absolute atomic E-state index is 12.8. The van der Waals surface area contributed by atoms with Crippen molar-refractivity contribution in [3.8, 4) is 63.2 Å². The van der Waals surface area contributed by atoms with E-state index in [0.29, 0.717) is 75.7 Å². The van der Waals surface area contributed by atoms with E-state index in [1.54, 1.807) is 168 Å². The van der Waals surface area contributed by atoms with Crippen molar-refractivity contribution >= 4 is 75.5 Å². The molecule has 14 rings (SSSR count). The van der Waals surface area contributed by atoms with Gasteiger partial charge in [-0.15, -0.1) is 0 Å². The van der Waals surface area contributed by atoms with E-state index in [9.17, 15) is 33.7 Å². The zero-order valence-electron chi connectivity index (χ0n) is 56.4. The topological polar surface area (TPSA) is 452 Å². The third kappa shape index (κ3) is 21.2. The molecule has 0 aliphatic heterocycles. The highest BCUT2D eigenvalue weighted by atomic mass is 35.5. The number of sulfonamides is 4. The lowest BCUT2D eigenvalue weighted by atomic mass is 10.2. The van der Waals surface area contributed by atoms with Crippen LogP contribution in [0.25, 0.3) is 57.5 Å². The summed E-state index contributed by atoms with van der Waals surface area (Å²) in [5, 5.41) is 0.197. The van der Waals surface area contributed by atoms with Crippen LogP contribution in [0.4, 0.5) is 23.8 Å². The van der Waals surface area contributed by atoms with Crippen LogP contribution in [0.5, 0.6) is 5.75 Å². The number of aromatic nitrogens is 20. The Morgan fingerprint density at radius 2 is 0.664 bits per heavy atom. The summed E-state index contributed by atoms with van der Waals surface area (Å²) in [5.74, 6) is 3.58. The summed E-state index contributed by atoms with van der Waals surface area (Å²) in [6.07, 6.45) is 13.6. The van der Waals surface area contributed by atoms with Crippen LogP contribution in [-0.2, 0) is 46.7 Å². The van der Waals surface area contributed by atoms with Crippen molar-refractivity contribution in [2.75, 3.05) is 18.9 Å². The molecular formula is C69H57ClN24O9S4. The highest BCUT2D eigenvalue weighted by molar-refractivity contribution is 7.93. The number of ether oxygens (including phenoxy) is 1. The first-order chi connectivity index (χ1) is 51.5. The Hall–Kier alpha value is -13.2. The lowest BCUT2D eigenvalue weighted by Crippen LogP contribution is -2.16. The fourth-order valence-corrected chi connectivity index (χ4v) is 12.8. The summed E-state index contributed by atoms with van der Waals surface area (Å²) in [6, 6.07) is 50.6. The smallest absolute Gasteiger partial charge is 0.265 e. The molecule has 0 aliphatic rings. The Morgan fingerprint density at radius 3 is 1.02 bits per heavy atom. The normalized spacial score (nSPS) is 11.2. The molecule has 0 unspecified atom stereocenters. The van der Waals surface area contributed by atoms with Crippen LogP contribution in [0.15, 0.2) is 257 Å². The second-order valence-electron chi connectivity index (χ2n) is 21.7. The summed E-state index contributed by atoms with van der Waals surface area (Å²) in [6.45, 7) is 6.93. The maximum Gasteiger partial charge on any atom is 0.265 e. The minimum atomic E-state index is -3.89. The molecule has 0 saturated heterocycles. The molecule has 0 spiro atoms. The number of nitrogens with one attached hydrogen (secondary N) is 4. The molecule has 0 saturated carbocycles. The lowest BCUT2D eigenvalue weighted by molar-refractivity contribution is 0.306. The number of hydrogen-bond donors (Lipinski definition) is 4. The van der Waals surface area contributed by atoms with Gasteiger partial charge in [0.25, 0.3) is 40.1 Å². The van der Waals surface area contributed by atoms with E-state index in [1.807, 2.05) is 30.3 Å². The first-order valence-corrected chi connectivity index (χ1v) is 37.6. The number of para-hydroxylation sites is 1. The van der Waals surface area contributed by atoms with E-state index in [4.69, 9.17) is 16.3 Å². The molecule has 3 aromatic carbocycles. The van der Waals surface area contributed by atoms with Gasteiger partial charge in [-0.2, -0.15) is 39.9 Å². The van der Waals surface area contributed by atoms with Crippen molar-refractivity contribution < 1.29 is 38.4 Å². The number of anilines is 4. The first kappa shape index (κ1) is 74.9. The molecule has 0 bridgehead atoms. The van der Waals surface area contributed by atoms with Gasteiger partial charge in [0, 0.05) is 61.3 Å². The molecule has 107 heavy (non-hydrogen) atoms. The molecule has 4 N–H and O–H groups in total. The van der Waals surface area contributed by atoms with Crippen LogP contribution in [-0.4, -0.2) is 133 Å². The fourth-order valence-electron chi connectivity index (χ4n) is 8.97. The van der Waals surface area contributed by atoms with Gasteiger partial charge in [-0.05, 0) is 161 Å². The van der Waals surface area contributed by atoms with Crippen molar-refractivity contribution in [1.29, 1.82) is 0 Å². The second kappa shape index (κ2) is 34.4. The monoisotopic (exact) mass is 1530 g/mol. The summed E-state index contributed by atoms with van der Waals surface area (Å²) in [5.41, 5.74) is 3.63. The third-order valence-electron chi connectivity index (χ3n) is 13.8. The number of nitrogens with zero attached hydrogens (tertiary/aromatic N) is 20. The van der Waals surface area contributed by atoms with Crippen LogP contribution in [0.1, 0.15) is 28.9 Å². The van der Waals surface area contributed by atoms with Crippen molar-refractivity contribution in [1.82, 2.24) is 99.7 Å². The van der Waals surface area contributed by atoms with Gasteiger partial charge < -0.3 is 4.74 Å². The third-order valence-corrected chi connectivity index (χ3v) is 19.3. The minimum absolute atomic E-state index is 0.0254. The fraction of sp³-hybridized carbons (Fsp3) is 0.0725. The van der Waals surface area contributed by atoms with Crippen LogP contribution in [0.3, 0.4) is 0 Å². The van der Waals surface area contributed by atoms with Gasteiger partial charge in [0.05, 0.1) is 9.79 Å². The Bertz CT molecular complexity index is 5820. The Morgan fingerprint density at radius 1 is 0.308 bits per heavy atom. The second-order valence-corrected chi connectivity index (χ2v) is 28.9. The van der Waals surface area contributed by atoms with Gasteiger partial charge in [-0.1, -0.05) is 66.2 Å². The van der Waals surface area contributed by atoms with Crippen molar-refractivity contribution in [3.05, 3.63) is 272 Å². The predicted octanol–water partition coefficient (Wildman–Crippen LogP) is 9.65. The molecule has 33 nitrogen and oxygen atoms in total. The van der Waals surface area contributed by atoms with Gasteiger partial charge in [-0.3, -0.25) is 24.9 Å². The SMILES string of the molecule is Cc1nc(NS(=O)(=O)c2ccc(-c3ncccn3)cc2)nc(-c2ccccn2)n1.Cc1nc(NS(=O)(=O)c2ccc(COc3ccccc3)cc2)nc(-c2ccccn2)n1.Cc1nc(NS(=O)(=O)c2ccc(Cl)nc2)nc(-c2ccccn2)n1.Cc1nc(NS(=O)(=O)c2cccnc2)nc(-c2ccccn2)n1. The van der Waals surface area contributed by atoms with Gasteiger partial charge in [0.1, 0.15) is 73.4 Å². The van der Waals surface area contributed by atoms with E-state index >= 15 is 0 Å². The molecule has 0 aliphatic carbocycles. The van der Waals surface area contributed by atoms with Gasteiger partial charge in [-0.25, -0.2) is 87.4 Å². The maximum atomic E-state index is 12.8. The number of rotatable bonds is 20. The Kier molecular flexibility index (Phi) is 24.1. The van der Waals surface area contributed by atoms with Gasteiger partial charge in [0.15, 0.2) is 29.1 Å². The van der Waals surface area contributed by atoms with Gasteiger partial charge >= 0.3 is 0 Å². The summed E-state index contributed by atoms with van der Waals surface area (Å²) >= 11 is 5.67. The van der Waals surface area contributed by atoms with Crippen molar-refractivity contribution in [2.24, 2.45) is 0 Å². The standard InChI is InChI=1S/C22H19N5O3S.C19H15N7O2S.C14H11ClN6O2S.C14H12N6O2S/c1-16-24-21(20-9-5-6-14-23-20)26-22(25-16)27-31(28,29)19-12-10-17(11-13-19)15-30-18-7-3-2-4-8-18;1-13-23-18(16-5-2-3-10-20-16)25-19(24-13)26-29(27,28)15-8-6-14(7-9-15)17-21-11-4-12-22-17;1-9-18-13(11-4-2-3-7-16-11)20-14(19-9)21-24(22,23)10-5-6-12(15)17-8-10;1-10-17-13(12-6-2-3-8-16-12)19-14(18-10)20-23(21,22)11-5-4-7-15-9-11/h2-14H,15H2,1H3,(H,24,25,26,27);2-12H,1H3,(H,23,24,25,26);2-8H,1H3,(H,18,19,20,21);2-9H,1H3,(H,17,18,19,20). The zero-order valence-corrected chi connectivity index (χ0v) is 60.4. The molecule has 538 valence electrons. The predicted molar refractivity (Wildman–Crippen MR) is 393 cm³/mol. The largest absolute Gasteiger partial charge is 0.489 e. The number of pyridine rings is 6. The molecule has 0 fully saturated rings. The highest BCUT2D eigenvalue weighted by Crippen LogP contribution is 2.24. The molecule has 38 heteroatoms. The highest BCUT2D eigenvalue weighted by Gasteiger charge is 2.23. The molecule has 0 amide bonds. The van der Waals surface area contributed by atoms with Crippen LogP contribution in [0, 0.1) is 27.7 Å². The molecule has 11 heterocycles. The molecular weight excluding hydrogens is 1470 g/mol. The van der Waals surface area contributed by atoms with Gasteiger partial charge in [0.2, 0.25) is 23.8 Å². The number of benzene rings is 3. The number of halogens is 1. The van der Waals surface area contributed by atoms with Crippen LogP contribution >= 0.6 is 11.6 Å². The first-order valence-electron chi connectivity index (χ1n) is 31.3. The van der Waals surface area contributed by atoms with Crippen molar-refractivity contribution in [2.45, 2.75) is 53.9 Å². The number of aryl methyl sites for hydroxylation is 4. The van der Waals surface area contributed by atoms with E-state index in [2.05, 4.69) is 119 Å². The molecule has 0 atom stereocenters. The van der Waals surface area contributed by atoms with E-state index in [1.165, 1.54) is 60.9 Å². The average molecular weight is 1530 g/mol. The van der Waals surface area contributed by atoms with E-state index in [-0.39, 0.29) is 60.2 Å². The minimum Gasteiger partial charge on any atom is -0.489 e. The zero-order chi connectivity index (χ0) is 75.4. The average Bonchev–Trinajstić information content (AvgIpc) is 0.820. The number of hydrogen-bond acceptors (Lipinski definition) is 29. The van der Waals surface area contributed by atoms with Crippen LogP contribution in [0.2, 0.25) is 5.15 Å².